The number of hydrogen-bond donors (Lipinski definition) is 1. The summed E-state index contributed by atoms with van der Waals surface area (Å²) in [4.78, 5) is 8.97. The van der Waals surface area contributed by atoms with Gasteiger partial charge in [-0.15, -0.1) is 11.3 Å². The third kappa shape index (κ3) is 4.19. The summed E-state index contributed by atoms with van der Waals surface area (Å²) < 4.78 is 0. The minimum atomic E-state index is 0.501. The van der Waals surface area contributed by atoms with Crippen LogP contribution in [0.25, 0.3) is 0 Å². The van der Waals surface area contributed by atoms with Crippen molar-refractivity contribution < 1.29 is 0 Å². The fraction of sp³-hybridized carbons (Fsp3) is 0.824. The molecule has 1 heterocycles. The monoisotopic (exact) mass is 309 g/mol. The topological polar surface area (TPSA) is 28.2 Å². The maximum Gasteiger partial charge on any atom is 0.186 e. The van der Waals surface area contributed by atoms with Crippen LogP contribution in [-0.4, -0.2) is 23.6 Å². The Hall–Kier alpha value is -0.610. The van der Waals surface area contributed by atoms with Gasteiger partial charge in [-0.3, -0.25) is 0 Å². The second-order valence-corrected chi connectivity index (χ2v) is 7.78. The zero-order chi connectivity index (χ0) is 15.4. The summed E-state index contributed by atoms with van der Waals surface area (Å²) in [6, 6.07) is 1.24. The highest BCUT2D eigenvalue weighted by Crippen LogP contribution is 2.35. The Kier molecular flexibility index (Phi) is 6.06. The lowest BCUT2D eigenvalue weighted by atomic mass is 10.1. The molecule has 0 bridgehead atoms. The molecule has 120 valence electrons. The predicted octanol–water partition coefficient (Wildman–Crippen LogP) is 4.53. The van der Waals surface area contributed by atoms with Crippen molar-refractivity contribution >= 4 is 16.5 Å². The minimum absolute atomic E-state index is 0.501. The first-order chi connectivity index (χ1) is 10.0. The van der Waals surface area contributed by atoms with Crippen molar-refractivity contribution in [1.29, 1.82) is 0 Å². The zero-order valence-electron chi connectivity index (χ0n) is 14.3. The third-order valence-corrected chi connectivity index (χ3v) is 5.39. The van der Waals surface area contributed by atoms with Crippen LogP contribution in [0.5, 0.6) is 0 Å². The number of rotatable bonds is 7. The van der Waals surface area contributed by atoms with Crippen LogP contribution >= 0.6 is 11.3 Å². The third-order valence-electron chi connectivity index (χ3n) is 4.29. The molecule has 21 heavy (non-hydrogen) atoms. The summed E-state index contributed by atoms with van der Waals surface area (Å²) in [5, 5.41) is 4.79. The van der Waals surface area contributed by atoms with Gasteiger partial charge < -0.3 is 10.2 Å². The van der Waals surface area contributed by atoms with Crippen LogP contribution in [0.2, 0.25) is 0 Å². The van der Waals surface area contributed by atoms with Gasteiger partial charge in [0.1, 0.15) is 0 Å². The van der Waals surface area contributed by atoms with Gasteiger partial charge >= 0.3 is 0 Å². The van der Waals surface area contributed by atoms with Gasteiger partial charge in [0.2, 0.25) is 0 Å². The highest BCUT2D eigenvalue weighted by atomic mass is 32.1. The maximum atomic E-state index is 5.01. The first-order valence-electron chi connectivity index (χ1n) is 8.52. The molecule has 1 aromatic heterocycles. The SMILES string of the molecule is CCN(c1nc(C(C)C)c(CNC(C)C)s1)C1CCCC1. The lowest BCUT2D eigenvalue weighted by Crippen LogP contribution is -2.32. The lowest BCUT2D eigenvalue weighted by molar-refractivity contribution is 0.587. The average molecular weight is 310 g/mol. The van der Waals surface area contributed by atoms with Gasteiger partial charge in [0.25, 0.3) is 0 Å². The van der Waals surface area contributed by atoms with Crippen LogP contribution in [0.3, 0.4) is 0 Å². The molecule has 1 aromatic rings. The molecule has 1 N–H and O–H groups in total. The quantitative estimate of drug-likeness (QED) is 0.802. The fourth-order valence-electron chi connectivity index (χ4n) is 3.11. The standard InChI is InChI=1S/C17H31N3S/c1-6-20(14-9-7-8-10-14)17-19-16(12(2)3)15(21-17)11-18-13(4)5/h12-14,18H,6-11H2,1-5H3. The summed E-state index contributed by atoms with van der Waals surface area (Å²) in [6.45, 7) is 13.2. The van der Waals surface area contributed by atoms with Gasteiger partial charge in [0.15, 0.2) is 5.13 Å². The number of anilines is 1. The van der Waals surface area contributed by atoms with Crippen molar-refractivity contribution in [2.24, 2.45) is 0 Å². The first-order valence-corrected chi connectivity index (χ1v) is 9.34. The number of nitrogens with zero attached hydrogens (tertiary/aromatic N) is 2. The lowest BCUT2D eigenvalue weighted by Gasteiger charge is -2.27. The number of aromatic nitrogens is 1. The van der Waals surface area contributed by atoms with E-state index in [1.54, 1.807) is 0 Å². The van der Waals surface area contributed by atoms with Gasteiger partial charge in [0.05, 0.1) is 5.69 Å². The van der Waals surface area contributed by atoms with E-state index in [-0.39, 0.29) is 0 Å². The van der Waals surface area contributed by atoms with E-state index >= 15 is 0 Å². The highest BCUT2D eigenvalue weighted by Gasteiger charge is 2.25. The second kappa shape index (κ2) is 7.59. The molecule has 0 spiro atoms. The average Bonchev–Trinajstić information content (AvgIpc) is 3.07. The van der Waals surface area contributed by atoms with E-state index in [1.807, 2.05) is 11.3 Å². The van der Waals surface area contributed by atoms with Crippen molar-refractivity contribution in [3.8, 4) is 0 Å². The van der Waals surface area contributed by atoms with E-state index in [0.29, 0.717) is 18.0 Å². The molecule has 1 fully saturated rings. The summed E-state index contributed by atoms with van der Waals surface area (Å²) in [7, 11) is 0. The molecule has 1 aliphatic rings. The summed E-state index contributed by atoms with van der Waals surface area (Å²) in [6.07, 6.45) is 5.44. The molecule has 4 heteroatoms. The van der Waals surface area contributed by atoms with Crippen LogP contribution in [0.4, 0.5) is 5.13 Å². The second-order valence-electron chi connectivity index (χ2n) is 6.72. The number of thiazole rings is 1. The molecule has 0 amide bonds. The molecular formula is C17H31N3S. The Morgan fingerprint density at radius 3 is 2.43 bits per heavy atom. The van der Waals surface area contributed by atoms with Gasteiger partial charge in [-0.25, -0.2) is 4.98 Å². The molecule has 0 unspecified atom stereocenters. The van der Waals surface area contributed by atoms with E-state index in [9.17, 15) is 0 Å². The number of nitrogens with one attached hydrogen (secondary N) is 1. The van der Waals surface area contributed by atoms with E-state index in [0.717, 1.165) is 13.1 Å². The molecule has 0 aliphatic heterocycles. The highest BCUT2D eigenvalue weighted by molar-refractivity contribution is 7.15. The van der Waals surface area contributed by atoms with Crippen molar-refractivity contribution in [1.82, 2.24) is 10.3 Å². The zero-order valence-corrected chi connectivity index (χ0v) is 15.1. The van der Waals surface area contributed by atoms with E-state index < -0.39 is 0 Å². The first kappa shape index (κ1) is 16.8. The Bertz CT molecular complexity index is 433. The molecule has 0 saturated heterocycles. The normalized spacial score (nSPS) is 16.3. The van der Waals surface area contributed by atoms with E-state index in [2.05, 4.69) is 44.8 Å². The Labute approximate surface area is 134 Å². The molecule has 2 rings (SSSR count). The van der Waals surface area contributed by atoms with Crippen molar-refractivity contribution in [2.75, 3.05) is 11.4 Å². The summed E-state index contributed by atoms with van der Waals surface area (Å²) in [5.74, 6) is 0.501. The fourth-order valence-corrected chi connectivity index (χ4v) is 4.41. The van der Waals surface area contributed by atoms with Gasteiger partial charge in [-0.05, 0) is 25.7 Å². The molecule has 3 nitrogen and oxygen atoms in total. The van der Waals surface area contributed by atoms with Crippen LogP contribution < -0.4 is 10.2 Å². The van der Waals surface area contributed by atoms with Gasteiger partial charge in [0, 0.05) is 30.1 Å². The summed E-state index contributed by atoms with van der Waals surface area (Å²) in [5.41, 5.74) is 1.29. The van der Waals surface area contributed by atoms with Gasteiger partial charge in [-0.1, -0.05) is 40.5 Å². The van der Waals surface area contributed by atoms with Crippen molar-refractivity contribution in [3.63, 3.8) is 0 Å². The maximum absolute atomic E-state index is 5.01. The minimum Gasteiger partial charge on any atom is -0.345 e. The van der Waals surface area contributed by atoms with Crippen molar-refractivity contribution in [2.45, 2.75) is 84.8 Å². The van der Waals surface area contributed by atoms with Crippen LogP contribution in [-0.2, 0) is 6.54 Å². The van der Waals surface area contributed by atoms with Gasteiger partial charge in [-0.2, -0.15) is 0 Å². The molecule has 0 aromatic carbocycles. The Morgan fingerprint density at radius 2 is 1.90 bits per heavy atom. The van der Waals surface area contributed by atoms with Crippen LogP contribution in [0.1, 0.15) is 76.8 Å². The summed E-state index contributed by atoms with van der Waals surface area (Å²) >= 11 is 1.90. The molecular weight excluding hydrogens is 278 g/mol. The van der Waals surface area contributed by atoms with E-state index in [4.69, 9.17) is 4.98 Å². The molecule has 0 radical (unpaired) electrons. The molecule has 1 aliphatic carbocycles. The predicted molar refractivity (Wildman–Crippen MR) is 93.5 cm³/mol. The van der Waals surface area contributed by atoms with Crippen LogP contribution in [0.15, 0.2) is 0 Å². The van der Waals surface area contributed by atoms with Crippen LogP contribution in [0, 0.1) is 0 Å². The number of hydrogen-bond acceptors (Lipinski definition) is 4. The Balaban J connectivity index is 2.20. The largest absolute Gasteiger partial charge is 0.345 e. The molecule has 0 atom stereocenters. The van der Waals surface area contributed by atoms with E-state index in [1.165, 1.54) is 41.4 Å². The van der Waals surface area contributed by atoms with Crippen molar-refractivity contribution in [3.05, 3.63) is 10.6 Å². The molecule has 1 saturated carbocycles. The smallest absolute Gasteiger partial charge is 0.186 e. The Morgan fingerprint density at radius 1 is 1.24 bits per heavy atom.